The monoisotopic (exact) mass is 904 g/mol. The van der Waals surface area contributed by atoms with Gasteiger partial charge in [0, 0.05) is 22.1 Å². The minimum Gasteiger partial charge on any atom is -0.505 e. The van der Waals surface area contributed by atoms with E-state index in [1.807, 2.05) is 0 Å². The van der Waals surface area contributed by atoms with E-state index in [9.17, 15) is 62.1 Å². The molecule has 0 heterocycles. The van der Waals surface area contributed by atoms with Gasteiger partial charge in [-0.2, -0.15) is 33.7 Å². The summed E-state index contributed by atoms with van der Waals surface area (Å²) in [7, 11) is -17.3. The summed E-state index contributed by atoms with van der Waals surface area (Å²) >= 11 is 0. The average Bonchev–Trinajstić information content (AvgIpc) is 3.14. The first kappa shape index (κ1) is 43.1. The normalized spacial score (nSPS) is 12.8. The van der Waals surface area contributed by atoms with Gasteiger partial charge >= 0.3 is 0 Å². The van der Waals surface area contributed by atoms with Gasteiger partial charge in [-0.05, 0) is 82.6 Å². The molecule has 0 unspecified atom stereocenters. The largest absolute Gasteiger partial charge is 0.505 e. The third kappa shape index (κ3) is 8.33. The molecule has 10 N–H and O–H groups in total. The quantitative estimate of drug-likeness (QED) is 0.0415. The molecule has 0 saturated heterocycles. The molecule has 0 amide bonds. The zero-order chi connectivity index (χ0) is 44.3. The summed E-state index contributed by atoms with van der Waals surface area (Å²) in [6.07, 6.45) is 0. The lowest BCUT2D eigenvalue weighted by Crippen LogP contribution is -2.02. The Balaban J connectivity index is 1.38. The highest BCUT2D eigenvalue weighted by molar-refractivity contribution is 7.86. The molecule has 0 spiro atoms. The molecule has 0 fully saturated rings. The fourth-order valence-corrected chi connectivity index (χ4v) is 8.37. The van der Waals surface area contributed by atoms with E-state index in [-0.39, 0.29) is 55.8 Å². The molecule has 0 bridgehead atoms. The molecule has 26 heteroatoms. The Morgan fingerprint density at radius 3 is 1.13 bits per heavy atom. The van der Waals surface area contributed by atoms with Crippen molar-refractivity contribution in [1.82, 2.24) is 0 Å². The number of fused-ring (bicyclic) bond motifs is 2. The Morgan fingerprint density at radius 1 is 0.483 bits per heavy atom. The number of nitrogens with two attached hydrogens (primary N) is 2. The smallest absolute Gasteiger partial charge is 0.296 e. The average molecular weight is 905 g/mol. The van der Waals surface area contributed by atoms with Gasteiger partial charge in [0.2, 0.25) is 0 Å². The van der Waals surface area contributed by atoms with Crippen molar-refractivity contribution in [3.05, 3.63) is 72.8 Å². The second-order valence-corrected chi connectivity index (χ2v) is 18.1. The molecule has 314 valence electrons. The van der Waals surface area contributed by atoms with Crippen molar-refractivity contribution in [3.8, 4) is 34.1 Å². The van der Waals surface area contributed by atoms with Crippen molar-refractivity contribution in [2.24, 2.45) is 20.5 Å². The maximum atomic E-state index is 12.3. The highest BCUT2D eigenvalue weighted by atomic mass is 32.2. The van der Waals surface area contributed by atoms with Gasteiger partial charge in [-0.1, -0.05) is 12.1 Å². The Kier molecular flexibility index (Phi) is 11.0. The second kappa shape index (κ2) is 15.3. The number of nitrogens with zero attached hydrogens (tertiary/aromatic N) is 4. The van der Waals surface area contributed by atoms with E-state index >= 15 is 0 Å². The summed E-state index contributed by atoms with van der Waals surface area (Å²) in [5.41, 5.74) is 10.4. The zero-order valence-electron chi connectivity index (χ0n) is 30.3. The molecular formula is C34H28N6O16S4. The van der Waals surface area contributed by atoms with Crippen LogP contribution in [0.15, 0.2) is 113 Å². The lowest BCUT2D eigenvalue weighted by molar-refractivity contribution is 0.415. The predicted molar refractivity (Wildman–Crippen MR) is 213 cm³/mol. The number of azo groups is 2. The van der Waals surface area contributed by atoms with E-state index in [2.05, 4.69) is 20.5 Å². The number of hydrogen-bond acceptors (Lipinski definition) is 18. The maximum absolute atomic E-state index is 12.3. The summed E-state index contributed by atoms with van der Waals surface area (Å²) in [5.74, 6) is -1.69. The maximum Gasteiger partial charge on any atom is 0.296 e. The number of aromatic hydroxyl groups is 2. The lowest BCUT2D eigenvalue weighted by atomic mass is 10.0. The van der Waals surface area contributed by atoms with Crippen LogP contribution in [0.5, 0.6) is 23.0 Å². The Bertz CT molecular complexity index is 3120. The van der Waals surface area contributed by atoms with Crippen LogP contribution in [0.25, 0.3) is 32.7 Å². The topological polar surface area (TPSA) is 378 Å². The predicted octanol–water partition coefficient (Wildman–Crippen LogP) is 6.07. The van der Waals surface area contributed by atoms with Crippen molar-refractivity contribution in [2.45, 2.75) is 19.6 Å². The van der Waals surface area contributed by atoms with Crippen LogP contribution in [0.4, 0.5) is 34.1 Å². The number of phenols is 2. The number of methoxy groups -OCH3 is 2. The molecule has 0 aliphatic carbocycles. The van der Waals surface area contributed by atoms with Gasteiger partial charge in [0.15, 0.2) is 11.5 Å². The van der Waals surface area contributed by atoms with Crippen LogP contribution >= 0.6 is 0 Å². The summed E-state index contributed by atoms with van der Waals surface area (Å²) in [6, 6.07) is 13.6. The van der Waals surface area contributed by atoms with Crippen LogP contribution in [0.2, 0.25) is 0 Å². The van der Waals surface area contributed by atoms with Crippen LogP contribution in [0.3, 0.4) is 0 Å². The first-order chi connectivity index (χ1) is 27.8. The molecular weight excluding hydrogens is 877 g/mol. The van der Waals surface area contributed by atoms with E-state index < -0.39 is 82.9 Å². The van der Waals surface area contributed by atoms with Crippen molar-refractivity contribution < 1.29 is 71.6 Å². The van der Waals surface area contributed by atoms with Gasteiger partial charge in [0.1, 0.15) is 44.0 Å². The first-order valence-corrected chi connectivity index (χ1v) is 21.9. The van der Waals surface area contributed by atoms with Crippen LogP contribution in [-0.2, 0) is 40.5 Å². The first-order valence-electron chi connectivity index (χ1n) is 16.1. The summed E-state index contributed by atoms with van der Waals surface area (Å²) < 4.78 is 146. The standard InChI is InChI=1S/C34H28N6O16S4/c1-55-25-9-15(3-5-23(25)37-39-31-27(59(49,50)51)11-17-7-19(57(43,44)45)13-21(35)29(17)33(31)41)16-4-6-24(26(10-16)56-2)38-40-32-28(60(52,53)54)12-18-8-20(58(46,47)48)14-22(36)30(18)34(32)42/h3-14,41-42H,35-36H2,1-2H3,(H,43,44,45)(H,46,47,48)(H,49,50,51)(H,52,53,54)/b39-37+,40-38+. The molecule has 22 nitrogen and oxygen atoms in total. The lowest BCUT2D eigenvalue weighted by Gasteiger charge is -2.13. The molecule has 6 rings (SSSR count). The third-order valence-electron chi connectivity index (χ3n) is 8.67. The van der Waals surface area contributed by atoms with Crippen molar-refractivity contribution in [3.63, 3.8) is 0 Å². The van der Waals surface area contributed by atoms with Gasteiger partial charge in [0.25, 0.3) is 40.5 Å². The minimum absolute atomic E-state index is 0.0196. The van der Waals surface area contributed by atoms with Crippen molar-refractivity contribution >= 4 is 96.1 Å². The Hall–Kier alpha value is -6.52. The van der Waals surface area contributed by atoms with Crippen LogP contribution < -0.4 is 20.9 Å². The number of phenolic OH excluding ortho intramolecular Hbond substituents is 2. The highest BCUT2D eigenvalue weighted by Gasteiger charge is 2.27. The van der Waals surface area contributed by atoms with Crippen LogP contribution in [-0.4, -0.2) is 76.3 Å². The Morgan fingerprint density at radius 2 is 0.833 bits per heavy atom. The zero-order valence-corrected chi connectivity index (χ0v) is 33.5. The summed E-state index contributed by atoms with van der Waals surface area (Å²) in [5, 5.41) is 36.6. The summed E-state index contributed by atoms with van der Waals surface area (Å²) in [6.45, 7) is 0. The minimum atomic E-state index is -5.13. The molecule has 60 heavy (non-hydrogen) atoms. The molecule has 6 aromatic rings. The van der Waals surface area contributed by atoms with Crippen LogP contribution in [0, 0.1) is 0 Å². The number of anilines is 2. The highest BCUT2D eigenvalue weighted by Crippen LogP contribution is 2.47. The number of hydrogen-bond donors (Lipinski definition) is 8. The van der Waals surface area contributed by atoms with Gasteiger partial charge in [-0.3, -0.25) is 18.2 Å². The third-order valence-corrected chi connectivity index (χ3v) is 12.1. The van der Waals surface area contributed by atoms with E-state index in [1.54, 1.807) is 0 Å². The van der Waals surface area contributed by atoms with Crippen LogP contribution in [0.1, 0.15) is 0 Å². The molecule has 6 aromatic carbocycles. The van der Waals surface area contributed by atoms with E-state index in [0.717, 1.165) is 36.4 Å². The number of benzene rings is 6. The number of rotatable bonds is 11. The molecule has 0 radical (unpaired) electrons. The Labute approximate surface area is 339 Å². The SMILES string of the molecule is COc1cc(-c2ccc(/N=N/c3c(S(=O)(=O)O)cc4cc(S(=O)(=O)O)cc(N)c4c3O)c(OC)c2)ccc1/N=N/c1c(S(=O)(=O)O)cc2cc(S(=O)(=O)O)cc(N)c2c1O. The van der Waals surface area contributed by atoms with E-state index in [0.29, 0.717) is 11.1 Å². The molecule has 0 atom stereocenters. The van der Waals surface area contributed by atoms with Crippen molar-refractivity contribution in [2.75, 3.05) is 25.7 Å². The van der Waals surface area contributed by atoms with Gasteiger partial charge < -0.3 is 31.2 Å². The second-order valence-electron chi connectivity index (χ2n) is 12.4. The molecule has 0 aliphatic rings. The van der Waals surface area contributed by atoms with Crippen molar-refractivity contribution in [1.29, 1.82) is 0 Å². The fraction of sp³-hybridized carbons (Fsp3) is 0.0588. The molecule has 0 aromatic heterocycles. The molecule has 0 aliphatic heterocycles. The fourth-order valence-electron chi connectivity index (χ4n) is 5.95. The van der Waals surface area contributed by atoms with Gasteiger partial charge in [-0.15, -0.1) is 20.5 Å². The number of ether oxygens (including phenoxy) is 2. The number of nitrogen functional groups attached to an aromatic ring is 2. The molecule has 0 saturated carbocycles. The van der Waals surface area contributed by atoms with Gasteiger partial charge in [-0.25, -0.2) is 0 Å². The van der Waals surface area contributed by atoms with Gasteiger partial charge in [0.05, 0.1) is 24.0 Å². The van der Waals surface area contributed by atoms with E-state index in [4.69, 9.17) is 20.9 Å². The summed E-state index contributed by atoms with van der Waals surface area (Å²) in [4.78, 5) is -3.39. The van der Waals surface area contributed by atoms with E-state index in [1.165, 1.54) is 50.6 Å².